The van der Waals surface area contributed by atoms with E-state index in [0.29, 0.717) is 12.6 Å². The topological polar surface area (TPSA) is 86.4 Å². The number of halogens is 2. The molecule has 0 bridgehead atoms. The van der Waals surface area contributed by atoms with E-state index in [-0.39, 0.29) is 23.8 Å². The first-order valence-electron chi connectivity index (χ1n) is 10.4. The van der Waals surface area contributed by atoms with E-state index in [2.05, 4.69) is 11.7 Å². The molecule has 2 N–H and O–H groups in total. The van der Waals surface area contributed by atoms with Crippen molar-refractivity contribution in [3.8, 4) is 22.6 Å². The van der Waals surface area contributed by atoms with E-state index in [9.17, 15) is 8.78 Å². The fourth-order valence-electron chi connectivity index (χ4n) is 3.68. The Bertz CT molecular complexity index is 940. The van der Waals surface area contributed by atoms with Gasteiger partial charge in [-0.15, -0.1) is 0 Å². The molecule has 3 atom stereocenters. The molecule has 0 spiro atoms. The molecule has 1 heterocycles. The molecular formula is C24H31F2N3O4. The molecule has 2 aromatic carbocycles. The first kappa shape index (κ1) is 26.1. The maximum absolute atomic E-state index is 12.6. The van der Waals surface area contributed by atoms with Crippen molar-refractivity contribution in [2.75, 3.05) is 27.8 Å². The number of carbonyl (C=O) groups is 1. The van der Waals surface area contributed by atoms with Crippen molar-refractivity contribution in [2.24, 2.45) is 16.6 Å². The van der Waals surface area contributed by atoms with Crippen molar-refractivity contribution in [3.63, 3.8) is 0 Å². The highest BCUT2D eigenvalue weighted by molar-refractivity contribution is 5.78. The first-order chi connectivity index (χ1) is 15.8. The van der Waals surface area contributed by atoms with Crippen molar-refractivity contribution in [1.29, 1.82) is 0 Å². The third-order valence-corrected chi connectivity index (χ3v) is 5.42. The minimum atomic E-state index is -2.87. The second-order valence-electron chi connectivity index (χ2n) is 7.78. The van der Waals surface area contributed by atoms with Crippen LogP contribution in [-0.2, 0) is 9.53 Å². The number of carbonyl (C=O) groups excluding carboxylic acids is 1. The largest absolute Gasteiger partial charge is 0.490 e. The van der Waals surface area contributed by atoms with Gasteiger partial charge in [-0.25, -0.2) is 4.99 Å². The van der Waals surface area contributed by atoms with E-state index in [0.717, 1.165) is 28.9 Å². The number of hydrogen-bond donors (Lipinski definition) is 1. The van der Waals surface area contributed by atoms with Crippen LogP contribution in [0.5, 0.6) is 11.5 Å². The fraction of sp³-hybridized carbons (Fsp3) is 0.417. The summed E-state index contributed by atoms with van der Waals surface area (Å²) in [5.41, 5.74) is 8.67. The summed E-state index contributed by atoms with van der Waals surface area (Å²) in [4.78, 5) is 14.5. The van der Waals surface area contributed by atoms with Crippen LogP contribution in [0.1, 0.15) is 24.9 Å². The minimum Gasteiger partial charge on any atom is -0.490 e. The Morgan fingerprint density at radius 2 is 1.91 bits per heavy atom. The summed E-state index contributed by atoms with van der Waals surface area (Å²) in [7, 11) is 5.35. The Morgan fingerprint density at radius 3 is 2.55 bits per heavy atom. The lowest BCUT2D eigenvalue weighted by Gasteiger charge is -2.36. The van der Waals surface area contributed by atoms with E-state index in [1.165, 1.54) is 6.07 Å². The molecule has 33 heavy (non-hydrogen) atoms. The zero-order chi connectivity index (χ0) is 24.5. The quantitative estimate of drug-likeness (QED) is 0.491. The molecule has 1 unspecified atom stereocenters. The molecule has 9 heteroatoms. The molecule has 180 valence electrons. The molecule has 3 rings (SSSR count). The highest BCUT2D eigenvalue weighted by Crippen LogP contribution is 2.43. The average molecular weight is 464 g/mol. The zero-order valence-corrected chi connectivity index (χ0v) is 19.3. The number of aliphatic imine (C=N–C) groups is 1. The van der Waals surface area contributed by atoms with Gasteiger partial charge in [0.25, 0.3) is 0 Å². The van der Waals surface area contributed by atoms with Crippen molar-refractivity contribution in [2.45, 2.75) is 32.1 Å². The second-order valence-corrected chi connectivity index (χ2v) is 7.78. The number of nitrogens with two attached hydrogens (primary N) is 1. The van der Waals surface area contributed by atoms with Gasteiger partial charge >= 0.3 is 6.61 Å². The van der Waals surface area contributed by atoms with Crippen LogP contribution in [0.25, 0.3) is 11.1 Å². The van der Waals surface area contributed by atoms with Crippen molar-refractivity contribution >= 4 is 12.7 Å². The number of nitrogens with zero attached hydrogens (tertiary/aromatic N) is 2. The molecular weight excluding hydrogens is 432 g/mol. The van der Waals surface area contributed by atoms with Gasteiger partial charge in [0.1, 0.15) is 24.4 Å². The maximum Gasteiger partial charge on any atom is 0.387 e. The first-order valence-corrected chi connectivity index (χ1v) is 10.4. The molecule has 1 aliphatic heterocycles. The summed E-state index contributed by atoms with van der Waals surface area (Å²) in [6, 6.07) is 12.2. The molecule has 0 amide bonds. The fourth-order valence-corrected chi connectivity index (χ4v) is 3.68. The summed E-state index contributed by atoms with van der Waals surface area (Å²) in [6.07, 6.45) is 0.671. The Morgan fingerprint density at radius 1 is 1.21 bits per heavy atom. The van der Waals surface area contributed by atoms with Crippen LogP contribution in [0.4, 0.5) is 8.78 Å². The van der Waals surface area contributed by atoms with Gasteiger partial charge in [0.2, 0.25) is 0 Å². The number of rotatable bonds is 7. The van der Waals surface area contributed by atoms with E-state index < -0.39 is 6.61 Å². The third-order valence-electron chi connectivity index (χ3n) is 5.42. The van der Waals surface area contributed by atoms with Gasteiger partial charge in [-0.1, -0.05) is 25.1 Å². The smallest absolute Gasteiger partial charge is 0.387 e. The van der Waals surface area contributed by atoms with Gasteiger partial charge in [-0.05, 0) is 35.4 Å². The van der Waals surface area contributed by atoms with Crippen molar-refractivity contribution in [3.05, 3.63) is 48.0 Å². The minimum absolute atomic E-state index is 0.0601. The van der Waals surface area contributed by atoms with Gasteiger partial charge in [-0.2, -0.15) is 8.78 Å². The van der Waals surface area contributed by atoms with Crippen LogP contribution in [-0.4, -0.2) is 58.2 Å². The number of methoxy groups -OCH3 is 1. The molecule has 7 nitrogen and oxygen atoms in total. The number of alkyl halides is 2. The van der Waals surface area contributed by atoms with E-state index in [1.807, 2.05) is 45.1 Å². The van der Waals surface area contributed by atoms with Crippen LogP contribution < -0.4 is 15.2 Å². The monoisotopic (exact) mass is 463 g/mol. The van der Waals surface area contributed by atoms with Crippen molar-refractivity contribution in [1.82, 2.24) is 4.90 Å². The molecule has 0 saturated carbocycles. The molecule has 0 fully saturated rings. The molecule has 0 aliphatic carbocycles. The zero-order valence-electron chi connectivity index (χ0n) is 19.3. The Labute approximate surface area is 193 Å². The Kier molecular flexibility index (Phi) is 9.59. The number of guanidine groups is 1. The van der Waals surface area contributed by atoms with Gasteiger partial charge in [0.05, 0.1) is 6.04 Å². The van der Waals surface area contributed by atoms with Crippen LogP contribution in [0.15, 0.2) is 47.5 Å². The number of benzene rings is 2. The second kappa shape index (κ2) is 12.2. The lowest BCUT2D eigenvalue weighted by molar-refractivity contribution is -0.0980. The summed E-state index contributed by atoms with van der Waals surface area (Å²) in [5.74, 6) is 1.34. The Hall–Kier alpha value is -3.20. The number of ether oxygens (including phenoxy) is 3. The molecule has 1 aliphatic rings. The maximum atomic E-state index is 12.6. The van der Waals surface area contributed by atoms with E-state index >= 15 is 0 Å². The van der Waals surface area contributed by atoms with Crippen LogP contribution in [0.3, 0.4) is 0 Å². The van der Waals surface area contributed by atoms with Gasteiger partial charge in [0, 0.05) is 45.7 Å². The van der Waals surface area contributed by atoms with Crippen molar-refractivity contribution < 1.29 is 27.8 Å². The predicted octanol–water partition coefficient (Wildman–Crippen LogP) is 4.12. The number of hydrogen-bond acceptors (Lipinski definition) is 5. The highest BCUT2D eigenvalue weighted by Gasteiger charge is 2.35. The number of fused-ring (bicyclic) bond motifs is 1. The summed E-state index contributed by atoms with van der Waals surface area (Å²) in [6.45, 7) is 1.80. The van der Waals surface area contributed by atoms with Crippen LogP contribution in [0.2, 0.25) is 0 Å². The molecule has 0 saturated heterocycles. The molecule has 2 aromatic rings. The predicted molar refractivity (Wildman–Crippen MR) is 124 cm³/mol. The lowest BCUT2D eigenvalue weighted by atomic mass is 9.84. The molecule has 0 aromatic heterocycles. The Balaban J connectivity index is 0.00000187. The third kappa shape index (κ3) is 6.64. The van der Waals surface area contributed by atoms with Gasteiger partial charge in [-0.3, -0.25) is 0 Å². The standard InChI is InChI=1S/C23H29F2N3O3.CH2O/c1-14-19(10-11-29-4)31-20-9-8-16(13-18(20)21(14)27-23(26)28(2)3)15-6-5-7-17(12-15)30-22(24)25;1-2/h5-9,12-14,19,21-22H,10-11H2,1-4H3,(H2,26,27);1H2/t14?,19-,21+;/m0./s1. The van der Waals surface area contributed by atoms with E-state index in [4.69, 9.17) is 25.0 Å². The highest BCUT2D eigenvalue weighted by atomic mass is 19.3. The summed E-state index contributed by atoms with van der Waals surface area (Å²) in [5, 5.41) is 0. The average Bonchev–Trinajstić information content (AvgIpc) is 2.80. The normalized spacial score (nSPS) is 19.7. The van der Waals surface area contributed by atoms with Crippen LogP contribution >= 0.6 is 0 Å². The summed E-state index contributed by atoms with van der Waals surface area (Å²) >= 11 is 0. The van der Waals surface area contributed by atoms with Gasteiger partial charge in [0.15, 0.2) is 5.96 Å². The molecule has 0 radical (unpaired) electrons. The van der Waals surface area contributed by atoms with Crippen LogP contribution in [0, 0.1) is 5.92 Å². The SMILES string of the molecule is C=O.COCC[C@@H]1Oc2ccc(-c3cccc(OC(F)F)c3)cc2[C@H](N=C(N)N(C)C)C1C. The van der Waals surface area contributed by atoms with E-state index in [1.54, 1.807) is 24.1 Å². The summed E-state index contributed by atoms with van der Waals surface area (Å²) < 4.78 is 41.3. The lowest BCUT2D eigenvalue weighted by Crippen LogP contribution is -2.37. The van der Waals surface area contributed by atoms with Gasteiger partial charge < -0.3 is 29.6 Å².